The first-order chi connectivity index (χ1) is 11.7. The number of carbonyl (C=O) groups is 1. The second-order valence-electron chi connectivity index (χ2n) is 6.64. The monoisotopic (exact) mass is 322 g/mol. The molecule has 0 aliphatic carbocycles. The van der Waals surface area contributed by atoms with Gasteiger partial charge >= 0.3 is 0 Å². The maximum Gasteiger partial charge on any atom is 0.241 e. The summed E-state index contributed by atoms with van der Waals surface area (Å²) in [5, 5.41) is 0. The molecule has 3 nitrogen and oxygen atoms in total. The molecule has 0 atom stereocenters. The zero-order valence-electron chi connectivity index (χ0n) is 14.4. The van der Waals surface area contributed by atoms with E-state index < -0.39 is 0 Å². The van der Waals surface area contributed by atoms with E-state index >= 15 is 0 Å². The fourth-order valence-electron chi connectivity index (χ4n) is 3.21. The highest BCUT2D eigenvalue weighted by atomic mass is 16.2. The van der Waals surface area contributed by atoms with Crippen molar-refractivity contribution in [3.8, 4) is 0 Å². The van der Waals surface area contributed by atoms with Crippen LogP contribution in [0.4, 0.5) is 5.69 Å². The smallest absolute Gasteiger partial charge is 0.241 e. The third kappa shape index (κ3) is 4.45. The van der Waals surface area contributed by atoms with Gasteiger partial charge in [0.15, 0.2) is 0 Å². The Kier molecular flexibility index (Phi) is 5.65. The number of likely N-dealkylation sites (tertiary alicyclic amines) is 1. The molecule has 0 bridgehead atoms. The van der Waals surface area contributed by atoms with Crippen LogP contribution in [-0.2, 0) is 11.3 Å². The Morgan fingerprint density at radius 3 is 2.29 bits per heavy atom. The molecule has 1 aliphatic heterocycles. The lowest BCUT2D eigenvalue weighted by Crippen LogP contribution is -2.42. The van der Waals surface area contributed by atoms with Crippen LogP contribution in [0.3, 0.4) is 0 Å². The van der Waals surface area contributed by atoms with Crippen molar-refractivity contribution in [3.63, 3.8) is 0 Å². The van der Waals surface area contributed by atoms with Gasteiger partial charge in [-0.1, -0.05) is 54.4 Å². The van der Waals surface area contributed by atoms with Gasteiger partial charge < -0.3 is 4.90 Å². The van der Waals surface area contributed by atoms with Crippen molar-refractivity contribution in [1.29, 1.82) is 0 Å². The van der Waals surface area contributed by atoms with E-state index in [1.54, 1.807) is 0 Å². The number of nitrogens with zero attached hydrogens (tertiary/aromatic N) is 2. The first kappa shape index (κ1) is 16.7. The SMILES string of the molecule is Cc1ccc(N(Cc2ccccc2)C(=O)CN2CCCCC2)cc1. The molecule has 2 aromatic carbocycles. The van der Waals surface area contributed by atoms with Crippen molar-refractivity contribution < 1.29 is 4.79 Å². The fourth-order valence-corrected chi connectivity index (χ4v) is 3.21. The highest BCUT2D eigenvalue weighted by Crippen LogP contribution is 2.19. The number of piperidine rings is 1. The summed E-state index contributed by atoms with van der Waals surface area (Å²) in [5.41, 5.74) is 3.35. The average Bonchev–Trinajstić information content (AvgIpc) is 2.62. The molecule has 1 aliphatic rings. The zero-order valence-corrected chi connectivity index (χ0v) is 14.4. The van der Waals surface area contributed by atoms with Gasteiger partial charge in [-0.2, -0.15) is 0 Å². The molecule has 0 unspecified atom stereocenters. The number of carbonyl (C=O) groups excluding carboxylic acids is 1. The summed E-state index contributed by atoms with van der Waals surface area (Å²) in [7, 11) is 0. The van der Waals surface area contributed by atoms with E-state index in [0.29, 0.717) is 13.1 Å². The average molecular weight is 322 g/mol. The van der Waals surface area contributed by atoms with E-state index in [9.17, 15) is 4.79 Å². The zero-order chi connectivity index (χ0) is 16.8. The van der Waals surface area contributed by atoms with Gasteiger partial charge in [-0.15, -0.1) is 0 Å². The molecule has 0 N–H and O–H groups in total. The predicted octanol–water partition coefficient (Wildman–Crippen LogP) is 4.01. The molecule has 126 valence electrons. The third-order valence-corrected chi connectivity index (χ3v) is 4.64. The number of amides is 1. The van der Waals surface area contributed by atoms with E-state index in [4.69, 9.17) is 0 Å². The predicted molar refractivity (Wildman–Crippen MR) is 99.1 cm³/mol. The Morgan fingerprint density at radius 2 is 1.62 bits per heavy atom. The van der Waals surface area contributed by atoms with Crippen LogP contribution in [0.15, 0.2) is 54.6 Å². The van der Waals surface area contributed by atoms with Gasteiger partial charge in [0.1, 0.15) is 0 Å². The fraction of sp³-hybridized carbons (Fsp3) is 0.381. The number of benzene rings is 2. The van der Waals surface area contributed by atoms with Crippen LogP contribution in [0.25, 0.3) is 0 Å². The minimum atomic E-state index is 0.185. The molecule has 3 heteroatoms. The maximum absolute atomic E-state index is 13.0. The van der Waals surface area contributed by atoms with Crippen molar-refractivity contribution in [2.45, 2.75) is 32.7 Å². The van der Waals surface area contributed by atoms with Crippen LogP contribution in [0, 0.1) is 6.92 Å². The number of anilines is 1. The first-order valence-corrected chi connectivity index (χ1v) is 8.86. The highest BCUT2D eigenvalue weighted by Gasteiger charge is 2.20. The van der Waals surface area contributed by atoms with E-state index in [-0.39, 0.29) is 5.91 Å². The molecule has 1 saturated heterocycles. The Labute approximate surface area is 144 Å². The number of hydrogen-bond donors (Lipinski definition) is 0. The lowest BCUT2D eigenvalue weighted by molar-refractivity contribution is -0.120. The van der Waals surface area contributed by atoms with Crippen LogP contribution in [-0.4, -0.2) is 30.4 Å². The number of hydrogen-bond acceptors (Lipinski definition) is 2. The molecule has 1 fully saturated rings. The van der Waals surface area contributed by atoms with Crippen molar-refractivity contribution in [2.75, 3.05) is 24.5 Å². The van der Waals surface area contributed by atoms with Crippen LogP contribution >= 0.6 is 0 Å². The molecular weight excluding hydrogens is 296 g/mol. The first-order valence-electron chi connectivity index (χ1n) is 8.86. The van der Waals surface area contributed by atoms with Crippen LogP contribution in [0.1, 0.15) is 30.4 Å². The standard InChI is InChI=1S/C21H26N2O/c1-18-10-12-20(13-11-18)23(16-19-8-4-2-5-9-19)21(24)17-22-14-6-3-7-15-22/h2,4-5,8-13H,3,6-7,14-17H2,1H3. The minimum absolute atomic E-state index is 0.185. The molecule has 0 spiro atoms. The Balaban J connectivity index is 1.77. The molecule has 1 heterocycles. The molecule has 3 rings (SSSR count). The lowest BCUT2D eigenvalue weighted by atomic mass is 10.1. The third-order valence-electron chi connectivity index (χ3n) is 4.64. The Hall–Kier alpha value is -2.13. The summed E-state index contributed by atoms with van der Waals surface area (Å²) in [6, 6.07) is 18.5. The molecule has 24 heavy (non-hydrogen) atoms. The van der Waals surface area contributed by atoms with Crippen LogP contribution < -0.4 is 4.90 Å². The quantitative estimate of drug-likeness (QED) is 0.830. The van der Waals surface area contributed by atoms with Gasteiger partial charge in [-0.25, -0.2) is 0 Å². The minimum Gasteiger partial charge on any atom is -0.307 e. The Morgan fingerprint density at radius 1 is 0.958 bits per heavy atom. The number of aryl methyl sites for hydroxylation is 1. The molecule has 1 amide bonds. The summed E-state index contributed by atoms with van der Waals surface area (Å²) in [6.45, 7) is 5.29. The lowest BCUT2D eigenvalue weighted by Gasteiger charge is -2.30. The molecular formula is C21H26N2O. The second kappa shape index (κ2) is 8.11. The summed E-state index contributed by atoms with van der Waals surface area (Å²) >= 11 is 0. The topological polar surface area (TPSA) is 23.6 Å². The van der Waals surface area contributed by atoms with Gasteiger partial charge in [-0.05, 0) is 50.6 Å². The summed E-state index contributed by atoms with van der Waals surface area (Å²) in [5.74, 6) is 0.185. The van der Waals surface area contributed by atoms with Gasteiger partial charge in [-0.3, -0.25) is 9.69 Å². The highest BCUT2D eigenvalue weighted by molar-refractivity contribution is 5.94. The summed E-state index contributed by atoms with van der Waals surface area (Å²) in [4.78, 5) is 17.2. The van der Waals surface area contributed by atoms with Crippen molar-refractivity contribution in [3.05, 3.63) is 65.7 Å². The number of rotatable bonds is 5. The molecule has 0 saturated carbocycles. The van der Waals surface area contributed by atoms with E-state index in [1.165, 1.54) is 24.8 Å². The molecule has 2 aromatic rings. The van der Waals surface area contributed by atoms with Gasteiger partial charge in [0, 0.05) is 5.69 Å². The van der Waals surface area contributed by atoms with Gasteiger partial charge in [0.25, 0.3) is 0 Å². The summed E-state index contributed by atoms with van der Waals surface area (Å²) in [6.07, 6.45) is 3.70. The Bertz CT molecular complexity index is 645. The van der Waals surface area contributed by atoms with E-state index in [1.807, 2.05) is 35.2 Å². The van der Waals surface area contributed by atoms with E-state index in [0.717, 1.165) is 24.3 Å². The largest absolute Gasteiger partial charge is 0.307 e. The molecule has 0 radical (unpaired) electrons. The van der Waals surface area contributed by atoms with Crippen molar-refractivity contribution in [1.82, 2.24) is 4.90 Å². The van der Waals surface area contributed by atoms with Crippen molar-refractivity contribution in [2.24, 2.45) is 0 Å². The molecule has 0 aromatic heterocycles. The normalized spacial score (nSPS) is 15.2. The van der Waals surface area contributed by atoms with E-state index in [2.05, 4.69) is 36.1 Å². The second-order valence-corrected chi connectivity index (χ2v) is 6.64. The van der Waals surface area contributed by atoms with Gasteiger partial charge in [0.2, 0.25) is 5.91 Å². The maximum atomic E-state index is 13.0. The van der Waals surface area contributed by atoms with Crippen LogP contribution in [0.5, 0.6) is 0 Å². The van der Waals surface area contributed by atoms with Crippen molar-refractivity contribution >= 4 is 11.6 Å². The van der Waals surface area contributed by atoms with Gasteiger partial charge in [0.05, 0.1) is 13.1 Å². The summed E-state index contributed by atoms with van der Waals surface area (Å²) < 4.78 is 0. The van der Waals surface area contributed by atoms with Crippen LogP contribution in [0.2, 0.25) is 0 Å².